The fourth-order valence-electron chi connectivity index (χ4n) is 1.71. The summed E-state index contributed by atoms with van der Waals surface area (Å²) >= 11 is 0. The van der Waals surface area contributed by atoms with Crippen LogP contribution in [0, 0.1) is 6.92 Å². The van der Waals surface area contributed by atoms with Crippen LogP contribution in [-0.4, -0.2) is 6.29 Å². The quantitative estimate of drug-likeness (QED) is 0.656. The largest absolute Gasteiger partial charge is 0.378 e. The van der Waals surface area contributed by atoms with E-state index in [2.05, 4.69) is 5.32 Å². The molecule has 0 bridgehead atoms. The van der Waals surface area contributed by atoms with Crippen molar-refractivity contribution in [3.8, 4) is 0 Å². The summed E-state index contributed by atoms with van der Waals surface area (Å²) in [6.07, 6.45) is 4.75. The molecule has 0 saturated heterocycles. The van der Waals surface area contributed by atoms with Crippen LogP contribution in [0.2, 0.25) is 0 Å². The molecule has 2 rings (SSSR count). The second-order valence-electron chi connectivity index (χ2n) is 3.19. The van der Waals surface area contributed by atoms with Gasteiger partial charge >= 0.3 is 0 Å². The molecule has 0 fully saturated rings. The molecule has 0 aromatic heterocycles. The molecule has 1 N–H and O–H groups in total. The van der Waals surface area contributed by atoms with Crippen molar-refractivity contribution in [1.29, 1.82) is 0 Å². The second-order valence-corrected chi connectivity index (χ2v) is 3.19. The standard InChI is InChI=1S/C11H11NO/c1-8-3-2-4-9-5-6-12-10(7-13)11(8)9/h2-7,10,12H,1H3. The zero-order valence-electron chi connectivity index (χ0n) is 7.45. The van der Waals surface area contributed by atoms with Crippen LogP contribution in [0.5, 0.6) is 0 Å². The molecule has 0 aliphatic carbocycles. The Morgan fingerprint density at radius 2 is 2.31 bits per heavy atom. The highest BCUT2D eigenvalue weighted by Crippen LogP contribution is 2.24. The topological polar surface area (TPSA) is 29.1 Å². The number of hydrogen-bond acceptors (Lipinski definition) is 2. The molecule has 1 unspecified atom stereocenters. The summed E-state index contributed by atoms with van der Waals surface area (Å²) in [7, 11) is 0. The lowest BCUT2D eigenvalue weighted by Gasteiger charge is -2.20. The molecule has 66 valence electrons. The molecular formula is C11H11NO. The number of carbonyl (C=O) groups is 1. The number of hydrogen-bond donors (Lipinski definition) is 1. The van der Waals surface area contributed by atoms with Crippen molar-refractivity contribution in [1.82, 2.24) is 5.32 Å². The van der Waals surface area contributed by atoms with E-state index in [0.717, 1.165) is 23.0 Å². The summed E-state index contributed by atoms with van der Waals surface area (Å²) < 4.78 is 0. The van der Waals surface area contributed by atoms with Crippen LogP contribution >= 0.6 is 0 Å². The van der Waals surface area contributed by atoms with Gasteiger partial charge in [0.2, 0.25) is 0 Å². The van der Waals surface area contributed by atoms with Crippen LogP contribution in [0.1, 0.15) is 22.7 Å². The smallest absolute Gasteiger partial charge is 0.146 e. The Morgan fingerprint density at radius 3 is 3.08 bits per heavy atom. The van der Waals surface area contributed by atoms with Gasteiger partial charge in [-0.15, -0.1) is 0 Å². The number of carbonyl (C=O) groups excluding carboxylic acids is 1. The van der Waals surface area contributed by atoms with E-state index in [1.165, 1.54) is 0 Å². The first-order chi connectivity index (χ1) is 6.33. The molecule has 0 radical (unpaired) electrons. The van der Waals surface area contributed by atoms with Crippen molar-refractivity contribution in [3.63, 3.8) is 0 Å². The molecule has 1 aromatic rings. The maximum absolute atomic E-state index is 10.8. The first-order valence-electron chi connectivity index (χ1n) is 4.30. The van der Waals surface area contributed by atoms with Crippen LogP contribution in [-0.2, 0) is 4.79 Å². The Morgan fingerprint density at radius 1 is 1.46 bits per heavy atom. The van der Waals surface area contributed by atoms with E-state index in [9.17, 15) is 4.79 Å². The molecule has 0 amide bonds. The SMILES string of the molecule is Cc1cccc2c1C(C=O)NC=C2. The van der Waals surface area contributed by atoms with Crippen molar-refractivity contribution in [2.24, 2.45) is 0 Å². The maximum atomic E-state index is 10.8. The Labute approximate surface area is 77.3 Å². The summed E-state index contributed by atoms with van der Waals surface area (Å²) in [6, 6.07) is 5.87. The van der Waals surface area contributed by atoms with E-state index in [1.54, 1.807) is 0 Å². The van der Waals surface area contributed by atoms with E-state index in [4.69, 9.17) is 0 Å². The minimum absolute atomic E-state index is 0.179. The van der Waals surface area contributed by atoms with Crippen LogP contribution in [0.15, 0.2) is 24.4 Å². The summed E-state index contributed by atoms with van der Waals surface area (Å²) in [6.45, 7) is 2.02. The summed E-state index contributed by atoms with van der Waals surface area (Å²) in [5.74, 6) is 0. The van der Waals surface area contributed by atoms with Crippen LogP contribution in [0.4, 0.5) is 0 Å². The molecule has 0 saturated carbocycles. The molecule has 0 spiro atoms. The van der Waals surface area contributed by atoms with Gasteiger partial charge in [0.05, 0.1) is 0 Å². The predicted molar refractivity (Wildman–Crippen MR) is 52.2 cm³/mol. The number of aryl methyl sites for hydroxylation is 1. The number of rotatable bonds is 1. The van der Waals surface area contributed by atoms with Gasteiger partial charge in [0.1, 0.15) is 12.3 Å². The van der Waals surface area contributed by atoms with Crippen LogP contribution in [0.3, 0.4) is 0 Å². The van der Waals surface area contributed by atoms with E-state index in [-0.39, 0.29) is 6.04 Å². The summed E-state index contributed by atoms with van der Waals surface area (Å²) in [4.78, 5) is 10.8. The molecular weight excluding hydrogens is 162 g/mol. The minimum atomic E-state index is -0.179. The molecule has 1 aliphatic heterocycles. The van der Waals surface area contributed by atoms with Gasteiger partial charge < -0.3 is 10.1 Å². The Balaban J connectivity index is 2.60. The number of nitrogens with one attached hydrogen (secondary N) is 1. The Hall–Kier alpha value is -1.57. The maximum Gasteiger partial charge on any atom is 0.146 e. The van der Waals surface area contributed by atoms with Gasteiger partial charge in [-0.05, 0) is 35.9 Å². The van der Waals surface area contributed by atoms with Gasteiger partial charge in [-0.2, -0.15) is 0 Å². The average molecular weight is 173 g/mol. The van der Waals surface area contributed by atoms with Gasteiger partial charge in [0.25, 0.3) is 0 Å². The molecule has 13 heavy (non-hydrogen) atoms. The lowest BCUT2D eigenvalue weighted by Crippen LogP contribution is -2.21. The van der Waals surface area contributed by atoms with E-state index in [1.807, 2.05) is 37.4 Å². The predicted octanol–water partition coefficient (Wildman–Crippen LogP) is 1.81. The summed E-state index contributed by atoms with van der Waals surface area (Å²) in [5, 5.41) is 3.02. The van der Waals surface area contributed by atoms with Gasteiger partial charge in [-0.1, -0.05) is 18.2 Å². The van der Waals surface area contributed by atoms with Crippen LogP contribution in [0.25, 0.3) is 6.08 Å². The van der Waals surface area contributed by atoms with Crippen molar-refractivity contribution in [3.05, 3.63) is 41.1 Å². The van der Waals surface area contributed by atoms with Crippen molar-refractivity contribution < 1.29 is 4.79 Å². The third-order valence-electron chi connectivity index (χ3n) is 2.34. The molecule has 2 heteroatoms. The molecule has 2 nitrogen and oxygen atoms in total. The van der Waals surface area contributed by atoms with E-state index >= 15 is 0 Å². The number of benzene rings is 1. The number of aldehydes is 1. The highest BCUT2D eigenvalue weighted by Gasteiger charge is 2.16. The first-order valence-corrected chi connectivity index (χ1v) is 4.30. The van der Waals surface area contributed by atoms with Crippen molar-refractivity contribution >= 4 is 12.4 Å². The van der Waals surface area contributed by atoms with Crippen LogP contribution < -0.4 is 5.32 Å². The average Bonchev–Trinajstić information content (AvgIpc) is 2.17. The van der Waals surface area contributed by atoms with Crippen molar-refractivity contribution in [2.45, 2.75) is 13.0 Å². The fourth-order valence-corrected chi connectivity index (χ4v) is 1.71. The third-order valence-corrected chi connectivity index (χ3v) is 2.34. The summed E-state index contributed by atoms with van der Waals surface area (Å²) in [5.41, 5.74) is 3.39. The van der Waals surface area contributed by atoms with E-state index < -0.39 is 0 Å². The van der Waals surface area contributed by atoms with Gasteiger partial charge in [0, 0.05) is 0 Å². The molecule has 1 heterocycles. The zero-order chi connectivity index (χ0) is 9.26. The lowest BCUT2D eigenvalue weighted by molar-refractivity contribution is -0.109. The second kappa shape index (κ2) is 3.05. The highest BCUT2D eigenvalue weighted by molar-refractivity contribution is 5.71. The zero-order valence-corrected chi connectivity index (χ0v) is 7.45. The van der Waals surface area contributed by atoms with E-state index in [0.29, 0.717) is 0 Å². The highest BCUT2D eigenvalue weighted by atomic mass is 16.1. The molecule has 1 atom stereocenters. The lowest BCUT2D eigenvalue weighted by atomic mass is 9.94. The minimum Gasteiger partial charge on any atom is -0.378 e. The normalized spacial score (nSPS) is 19.0. The first kappa shape index (κ1) is 8.05. The Kier molecular flexibility index (Phi) is 1.89. The molecule has 1 aliphatic rings. The fraction of sp³-hybridized carbons (Fsp3) is 0.182. The number of fused-ring (bicyclic) bond motifs is 1. The Bertz CT molecular complexity index is 368. The van der Waals surface area contributed by atoms with Gasteiger partial charge in [-0.25, -0.2) is 0 Å². The third kappa shape index (κ3) is 1.24. The molecule has 1 aromatic carbocycles. The van der Waals surface area contributed by atoms with Gasteiger partial charge in [-0.3, -0.25) is 0 Å². The monoisotopic (exact) mass is 173 g/mol. The van der Waals surface area contributed by atoms with Gasteiger partial charge in [0.15, 0.2) is 0 Å². The van der Waals surface area contributed by atoms with Crippen molar-refractivity contribution in [2.75, 3.05) is 0 Å².